The molecule has 20 heteroatoms. The maximum absolute atomic E-state index is 12.7. The highest BCUT2D eigenvalue weighted by atomic mass is 31.2. The SMILES string of the molecule is Nc1ccn(C2OC(COP(=O)(O)O)C(OP(=O)(O)OCC(CO)CCCCNC(=O)CCC=O)C2O)c(=O)n1. The smallest absolute Gasteiger partial charge is 0.396 e. The van der Waals surface area contributed by atoms with Crippen molar-refractivity contribution < 1.29 is 61.9 Å². The fourth-order valence-electron chi connectivity index (χ4n) is 3.68. The molecule has 2 rings (SSSR count). The van der Waals surface area contributed by atoms with Crippen molar-refractivity contribution >= 4 is 33.7 Å². The number of aldehydes is 1. The van der Waals surface area contributed by atoms with Gasteiger partial charge in [-0.2, -0.15) is 4.98 Å². The number of phosphoric ester groups is 2. The second-order valence-corrected chi connectivity index (χ2v) is 11.5. The molecule has 1 saturated heterocycles. The molecule has 1 amide bonds. The highest BCUT2D eigenvalue weighted by Crippen LogP contribution is 2.49. The zero-order valence-corrected chi connectivity index (χ0v) is 23.0. The number of carbonyl (C=O) groups is 2. The quantitative estimate of drug-likeness (QED) is 0.0565. The lowest BCUT2D eigenvalue weighted by atomic mass is 10.0. The molecule has 0 spiro atoms. The number of amides is 1. The number of nitrogens with two attached hydrogens (primary N) is 1. The van der Waals surface area contributed by atoms with Gasteiger partial charge in [-0.3, -0.25) is 22.9 Å². The number of aliphatic hydroxyl groups is 2. The fraction of sp³-hybridized carbons (Fsp3) is 0.700. The van der Waals surface area contributed by atoms with Gasteiger partial charge in [0.1, 0.15) is 30.4 Å². The van der Waals surface area contributed by atoms with E-state index in [2.05, 4.69) is 14.8 Å². The van der Waals surface area contributed by atoms with Crippen LogP contribution in [0.2, 0.25) is 0 Å². The lowest BCUT2D eigenvalue weighted by molar-refractivity contribution is -0.122. The maximum Gasteiger partial charge on any atom is 0.472 e. The molecule has 8 N–H and O–H groups in total. The number of nitrogens with one attached hydrogen (secondary N) is 1. The average molecular weight is 616 g/mol. The standard InChI is InChI=1S/C20H34N4O14P2/c21-15-6-8-24(20(29)23-15)19-17(28)18(14(37-19)12-35-39(30,31)32)38-40(33,34)36-11-13(10-26)4-1-2-7-22-16(27)5-3-9-25/h6,8-9,13-14,17-19,26,28H,1-5,7,10-12H2,(H,22,27)(H,33,34)(H2,21,23,29)(H2,30,31,32). The van der Waals surface area contributed by atoms with E-state index >= 15 is 0 Å². The largest absolute Gasteiger partial charge is 0.472 e. The summed E-state index contributed by atoms with van der Waals surface area (Å²) in [7, 11) is -9.99. The predicted molar refractivity (Wildman–Crippen MR) is 134 cm³/mol. The first kappa shape index (κ1) is 34.1. The number of hydrogen-bond acceptors (Lipinski definition) is 13. The third-order valence-electron chi connectivity index (χ3n) is 5.68. The summed E-state index contributed by atoms with van der Waals surface area (Å²) in [5.74, 6) is -0.996. The van der Waals surface area contributed by atoms with Crippen molar-refractivity contribution in [1.29, 1.82) is 0 Å². The van der Waals surface area contributed by atoms with Gasteiger partial charge in [0.05, 0.1) is 13.2 Å². The van der Waals surface area contributed by atoms with Crippen LogP contribution in [-0.2, 0) is 37.0 Å². The maximum atomic E-state index is 12.7. The molecule has 1 aromatic heterocycles. The Labute approximate surface area is 228 Å². The Kier molecular flexibility index (Phi) is 13.5. The molecule has 6 atom stereocenters. The molecule has 1 aliphatic rings. The zero-order valence-electron chi connectivity index (χ0n) is 21.3. The van der Waals surface area contributed by atoms with Crippen LogP contribution in [0.4, 0.5) is 5.82 Å². The molecule has 18 nitrogen and oxygen atoms in total. The third kappa shape index (κ3) is 11.4. The van der Waals surface area contributed by atoms with Crippen molar-refractivity contribution in [3.8, 4) is 0 Å². The fourth-order valence-corrected chi connectivity index (χ4v) is 5.05. The predicted octanol–water partition coefficient (Wildman–Crippen LogP) is -1.43. The number of phosphoric acid groups is 2. The average Bonchev–Trinajstić information content (AvgIpc) is 3.16. The first-order valence-corrected chi connectivity index (χ1v) is 15.1. The van der Waals surface area contributed by atoms with Crippen LogP contribution in [0.25, 0.3) is 0 Å². The Balaban J connectivity index is 1.98. The highest BCUT2D eigenvalue weighted by Gasteiger charge is 2.50. The molecule has 0 radical (unpaired) electrons. The lowest BCUT2D eigenvalue weighted by Gasteiger charge is -2.24. The molecular weight excluding hydrogens is 582 g/mol. The number of anilines is 1. The van der Waals surface area contributed by atoms with Gasteiger partial charge in [-0.25, -0.2) is 13.9 Å². The Bertz CT molecular complexity index is 1130. The second-order valence-electron chi connectivity index (χ2n) is 8.82. The van der Waals surface area contributed by atoms with Crippen molar-refractivity contribution in [3.05, 3.63) is 22.7 Å². The molecule has 1 fully saturated rings. The monoisotopic (exact) mass is 616 g/mol. The highest BCUT2D eigenvalue weighted by molar-refractivity contribution is 7.47. The second kappa shape index (κ2) is 15.8. The van der Waals surface area contributed by atoms with E-state index in [0.717, 1.165) is 10.8 Å². The molecule has 2 heterocycles. The van der Waals surface area contributed by atoms with Crippen LogP contribution < -0.4 is 16.7 Å². The molecular formula is C20H34N4O14P2. The summed E-state index contributed by atoms with van der Waals surface area (Å²) in [6.07, 6.45) is -3.31. The summed E-state index contributed by atoms with van der Waals surface area (Å²) < 4.78 is 44.5. The van der Waals surface area contributed by atoms with E-state index in [1.165, 1.54) is 6.07 Å². The van der Waals surface area contributed by atoms with Gasteiger partial charge in [-0.15, -0.1) is 0 Å². The van der Waals surface area contributed by atoms with Crippen LogP contribution in [0.15, 0.2) is 17.1 Å². The van der Waals surface area contributed by atoms with E-state index in [1.807, 2.05) is 0 Å². The number of aromatic nitrogens is 2. The summed E-state index contributed by atoms with van der Waals surface area (Å²) in [5.41, 5.74) is 4.50. The molecule has 1 aromatic rings. The Morgan fingerprint density at radius 2 is 2.00 bits per heavy atom. The van der Waals surface area contributed by atoms with E-state index < -0.39 is 71.6 Å². The number of aliphatic hydroxyl groups excluding tert-OH is 2. The van der Waals surface area contributed by atoms with Crippen molar-refractivity contribution in [2.75, 3.05) is 32.1 Å². The van der Waals surface area contributed by atoms with Gasteiger partial charge in [0, 0.05) is 38.1 Å². The van der Waals surface area contributed by atoms with Gasteiger partial charge < -0.3 is 45.5 Å². The first-order valence-electron chi connectivity index (χ1n) is 12.1. The molecule has 0 aromatic carbocycles. The van der Waals surface area contributed by atoms with Crippen LogP contribution in [-0.4, -0.2) is 91.3 Å². The molecule has 40 heavy (non-hydrogen) atoms. The van der Waals surface area contributed by atoms with E-state index in [4.69, 9.17) is 29.3 Å². The number of nitrogen functional groups attached to an aromatic ring is 1. The first-order chi connectivity index (χ1) is 18.8. The summed E-state index contributed by atoms with van der Waals surface area (Å²) >= 11 is 0. The number of carbonyl (C=O) groups excluding carboxylic acids is 2. The summed E-state index contributed by atoms with van der Waals surface area (Å²) in [4.78, 5) is 65.8. The van der Waals surface area contributed by atoms with Crippen molar-refractivity contribution in [1.82, 2.24) is 14.9 Å². The van der Waals surface area contributed by atoms with Crippen LogP contribution in [0.3, 0.4) is 0 Å². The summed E-state index contributed by atoms with van der Waals surface area (Å²) in [5, 5.41) is 23.0. The van der Waals surface area contributed by atoms with Crippen LogP contribution >= 0.6 is 15.6 Å². The number of unbranched alkanes of at least 4 members (excludes halogenated alkanes) is 1. The van der Waals surface area contributed by atoms with E-state index in [0.29, 0.717) is 32.1 Å². The summed E-state index contributed by atoms with van der Waals surface area (Å²) in [6, 6.07) is 1.21. The van der Waals surface area contributed by atoms with Crippen molar-refractivity contribution in [2.45, 2.75) is 56.6 Å². The molecule has 6 unspecified atom stereocenters. The minimum atomic E-state index is -5.02. The molecule has 1 aliphatic heterocycles. The Hall–Kier alpha value is -2.08. The van der Waals surface area contributed by atoms with E-state index in [1.54, 1.807) is 0 Å². The number of hydrogen-bond donors (Lipinski definition) is 7. The molecule has 228 valence electrons. The van der Waals surface area contributed by atoms with Crippen LogP contribution in [0, 0.1) is 5.92 Å². The third-order valence-corrected chi connectivity index (χ3v) is 7.15. The van der Waals surface area contributed by atoms with Crippen LogP contribution in [0.5, 0.6) is 0 Å². The zero-order chi connectivity index (χ0) is 29.9. The van der Waals surface area contributed by atoms with Gasteiger partial charge >= 0.3 is 21.3 Å². The van der Waals surface area contributed by atoms with Crippen molar-refractivity contribution in [2.24, 2.45) is 5.92 Å². The summed E-state index contributed by atoms with van der Waals surface area (Å²) in [6.45, 7) is -1.41. The number of rotatable bonds is 18. The topological polar surface area (TPSA) is 279 Å². The minimum absolute atomic E-state index is 0.0871. The Morgan fingerprint density at radius 3 is 2.62 bits per heavy atom. The van der Waals surface area contributed by atoms with Gasteiger partial charge in [0.15, 0.2) is 6.23 Å². The van der Waals surface area contributed by atoms with Gasteiger partial charge in [-0.05, 0) is 18.9 Å². The van der Waals surface area contributed by atoms with E-state index in [9.17, 15) is 38.6 Å². The number of nitrogens with zero attached hydrogens (tertiary/aromatic N) is 2. The number of ether oxygens (including phenoxy) is 1. The Morgan fingerprint density at radius 1 is 1.27 bits per heavy atom. The van der Waals surface area contributed by atoms with Gasteiger partial charge in [0.2, 0.25) is 5.91 Å². The molecule has 0 aliphatic carbocycles. The lowest BCUT2D eigenvalue weighted by Crippen LogP contribution is -2.37. The molecule has 0 bridgehead atoms. The van der Waals surface area contributed by atoms with Crippen molar-refractivity contribution in [3.63, 3.8) is 0 Å². The van der Waals surface area contributed by atoms with Crippen LogP contribution in [0.1, 0.15) is 38.3 Å². The normalized spacial score (nSPS) is 23.4. The van der Waals surface area contributed by atoms with E-state index in [-0.39, 0.29) is 24.6 Å². The van der Waals surface area contributed by atoms with Gasteiger partial charge in [0.25, 0.3) is 0 Å². The molecule has 0 saturated carbocycles. The van der Waals surface area contributed by atoms with Gasteiger partial charge in [-0.1, -0.05) is 6.42 Å². The minimum Gasteiger partial charge on any atom is -0.396 e.